The van der Waals surface area contributed by atoms with Crippen molar-refractivity contribution in [3.05, 3.63) is 17.4 Å². The number of hydrogen-bond donors (Lipinski definition) is 1. The molecule has 1 aromatic heterocycles. The summed E-state index contributed by atoms with van der Waals surface area (Å²) in [5.41, 5.74) is -0.770. The molecule has 1 aliphatic rings. The Morgan fingerprint density at radius 3 is 2.15 bits per heavy atom. The van der Waals surface area contributed by atoms with E-state index in [-0.39, 0.29) is 9.92 Å². The highest BCUT2D eigenvalue weighted by Crippen LogP contribution is 2.37. The van der Waals surface area contributed by atoms with Gasteiger partial charge in [0.15, 0.2) is 0 Å². The summed E-state index contributed by atoms with van der Waals surface area (Å²) in [7, 11) is -4.74. The Bertz CT molecular complexity index is 632. The Hall–Kier alpha value is -0.665. The van der Waals surface area contributed by atoms with E-state index in [1.807, 2.05) is 27.7 Å². The summed E-state index contributed by atoms with van der Waals surface area (Å²) in [6.45, 7) is 7.55. The molecule has 0 bridgehead atoms. The Morgan fingerprint density at radius 1 is 1.20 bits per heavy atom. The summed E-state index contributed by atoms with van der Waals surface area (Å²) in [6.07, 6.45) is 2.52. The maximum absolute atomic E-state index is 11.4. The second-order valence-corrected chi connectivity index (χ2v) is 7.58. The van der Waals surface area contributed by atoms with E-state index in [1.165, 1.54) is 6.20 Å². The molecule has 2 N–H and O–H groups in total. The van der Waals surface area contributed by atoms with Crippen molar-refractivity contribution in [3.8, 4) is 0 Å². The van der Waals surface area contributed by atoms with Crippen molar-refractivity contribution in [3.63, 3.8) is 0 Å². The van der Waals surface area contributed by atoms with Crippen molar-refractivity contribution in [2.75, 3.05) is 0 Å². The smallest absolute Gasteiger partial charge is 0.399 e. The van der Waals surface area contributed by atoms with Crippen LogP contribution in [0.4, 0.5) is 0 Å². The molecule has 1 aromatic rings. The van der Waals surface area contributed by atoms with Crippen LogP contribution in [-0.4, -0.2) is 31.7 Å². The van der Waals surface area contributed by atoms with Gasteiger partial charge in [0.2, 0.25) is 10.0 Å². The molecule has 0 aliphatic carbocycles. The molecule has 6 nitrogen and oxygen atoms in total. The molecule has 2 rings (SSSR count). The highest BCUT2D eigenvalue weighted by atomic mass is 35.5. The third-order valence-corrected chi connectivity index (χ3v) is 5.15. The number of nitrogens with two attached hydrogens (primary N) is 1. The van der Waals surface area contributed by atoms with Crippen LogP contribution in [0.25, 0.3) is 0 Å². The zero-order valence-corrected chi connectivity index (χ0v) is 13.2. The lowest BCUT2D eigenvalue weighted by Gasteiger charge is -2.32. The van der Waals surface area contributed by atoms with Gasteiger partial charge in [-0.2, -0.15) is 0 Å². The molecule has 1 saturated heterocycles. The van der Waals surface area contributed by atoms with Crippen molar-refractivity contribution in [2.24, 2.45) is 5.14 Å². The minimum absolute atomic E-state index is 0.0269. The van der Waals surface area contributed by atoms with Gasteiger partial charge >= 0.3 is 7.12 Å². The number of primary sulfonamides is 1. The fourth-order valence-corrected chi connectivity index (χ4v) is 2.86. The Balaban J connectivity index is 2.47. The molecule has 110 valence electrons. The van der Waals surface area contributed by atoms with Crippen LogP contribution < -0.4 is 10.6 Å². The number of hydrogen-bond acceptors (Lipinski definition) is 5. The lowest BCUT2D eigenvalue weighted by atomic mass is 9.80. The molecule has 0 spiro atoms. The largest absolute Gasteiger partial charge is 0.498 e. The maximum atomic E-state index is 11.4. The summed E-state index contributed by atoms with van der Waals surface area (Å²) in [5.74, 6) is 0. The molecule has 0 amide bonds. The fraction of sp³-hybridized carbons (Fsp3) is 0.545. The number of nitrogens with zero attached hydrogens (tertiary/aromatic N) is 1. The van der Waals surface area contributed by atoms with Crippen LogP contribution in [0, 0.1) is 0 Å². The molecule has 9 heteroatoms. The molecule has 2 heterocycles. The first-order valence-electron chi connectivity index (χ1n) is 5.97. The third-order valence-electron chi connectivity index (χ3n) is 3.69. The predicted octanol–water partition coefficient (Wildman–Crippen LogP) is 0.682. The predicted molar refractivity (Wildman–Crippen MR) is 76.3 cm³/mol. The van der Waals surface area contributed by atoms with Crippen LogP contribution in [0.15, 0.2) is 17.3 Å². The molecular formula is C11H16BClN2O4S. The van der Waals surface area contributed by atoms with Gasteiger partial charge in [-0.25, -0.2) is 13.6 Å². The van der Waals surface area contributed by atoms with E-state index < -0.39 is 28.3 Å². The number of sulfonamides is 1. The highest BCUT2D eigenvalue weighted by Gasteiger charge is 2.52. The van der Waals surface area contributed by atoms with Crippen molar-refractivity contribution < 1.29 is 17.7 Å². The van der Waals surface area contributed by atoms with Crippen LogP contribution >= 0.6 is 11.6 Å². The van der Waals surface area contributed by atoms with Crippen LogP contribution in [-0.2, 0) is 19.3 Å². The highest BCUT2D eigenvalue weighted by molar-refractivity contribution is 7.89. The first-order chi connectivity index (χ1) is 8.96. The second-order valence-electron chi connectivity index (χ2n) is 5.67. The average molecular weight is 319 g/mol. The first-order valence-corrected chi connectivity index (χ1v) is 7.90. The summed E-state index contributed by atoms with van der Waals surface area (Å²) in [6, 6.07) is 0. The molecule has 20 heavy (non-hydrogen) atoms. The topological polar surface area (TPSA) is 91.5 Å². The van der Waals surface area contributed by atoms with Gasteiger partial charge < -0.3 is 9.31 Å². The molecule has 0 radical (unpaired) electrons. The average Bonchev–Trinajstić information content (AvgIpc) is 2.46. The third kappa shape index (κ3) is 2.58. The molecule has 1 fully saturated rings. The van der Waals surface area contributed by atoms with Crippen LogP contribution in [0.5, 0.6) is 0 Å². The van der Waals surface area contributed by atoms with Crippen molar-refractivity contribution in [1.29, 1.82) is 0 Å². The molecule has 0 aromatic carbocycles. The van der Waals surface area contributed by atoms with E-state index >= 15 is 0 Å². The lowest BCUT2D eigenvalue weighted by Crippen LogP contribution is -2.41. The van der Waals surface area contributed by atoms with Gasteiger partial charge in [0.25, 0.3) is 0 Å². The molecular weight excluding hydrogens is 302 g/mol. The van der Waals surface area contributed by atoms with E-state index in [4.69, 9.17) is 26.0 Å². The van der Waals surface area contributed by atoms with Gasteiger partial charge in [-0.15, -0.1) is 0 Å². The Morgan fingerprint density at radius 2 is 1.70 bits per heavy atom. The molecule has 0 unspecified atom stereocenters. The normalized spacial score (nSPS) is 21.2. The maximum Gasteiger partial charge on any atom is 0.498 e. The minimum atomic E-state index is -3.95. The summed E-state index contributed by atoms with van der Waals surface area (Å²) in [4.78, 5) is 3.60. The van der Waals surface area contributed by atoms with Gasteiger partial charge in [-0.05, 0) is 27.7 Å². The van der Waals surface area contributed by atoms with Gasteiger partial charge in [0.1, 0.15) is 4.90 Å². The van der Waals surface area contributed by atoms with E-state index in [1.54, 1.807) is 0 Å². The fourth-order valence-electron chi connectivity index (χ4n) is 1.77. The lowest BCUT2D eigenvalue weighted by molar-refractivity contribution is 0.00578. The number of aromatic nitrogens is 1. The SMILES string of the molecule is CC1(C)OB(c2cncc(S(N)(=O)=O)c2Cl)OC1(C)C. The summed E-state index contributed by atoms with van der Waals surface area (Å²) < 4.78 is 34.5. The Labute approximate surface area is 123 Å². The molecule has 1 aliphatic heterocycles. The Kier molecular flexibility index (Phi) is 3.67. The van der Waals surface area contributed by atoms with Crippen LogP contribution in [0.1, 0.15) is 27.7 Å². The van der Waals surface area contributed by atoms with Gasteiger partial charge in [-0.1, -0.05) is 11.6 Å². The standard InChI is InChI=1S/C11H16BClN2O4S/c1-10(2)11(3,4)19-12(18-10)7-5-15-6-8(9(7)13)20(14,16)17/h5-6H,1-4H3,(H2,14,16,17). The number of rotatable bonds is 2. The van der Waals surface area contributed by atoms with Gasteiger partial charge in [-0.3, -0.25) is 4.98 Å². The second kappa shape index (κ2) is 4.67. The molecule has 0 saturated carbocycles. The van der Waals surface area contributed by atoms with Gasteiger partial charge in [0, 0.05) is 17.9 Å². The van der Waals surface area contributed by atoms with Crippen LogP contribution in [0.3, 0.4) is 0 Å². The summed E-state index contributed by atoms with van der Waals surface area (Å²) >= 11 is 6.10. The molecule has 0 atom stereocenters. The van der Waals surface area contributed by atoms with Crippen molar-refractivity contribution >= 4 is 34.2 Å². The van der Waals surface area contributed by atoms with E-state index in [0.717, 1.165) is 6.20 Å². The van der Waals surface area contributed by atoms with Gasteiger partial charge in [0.05, 0.1) is 16.2 Å². The van der Waals surface area contributed by atoms with E-state index in [0.29, 0.717) is 5.46 Å². The van der Waals surface area contributed by atoms with Crippen molar-refractivity contribution in [1.82, 2.24) is 4.98 Å². The van der Waals surface area contributed by atoms with Crippen LogP contribution in [0.2, 0.25) is 5.02 Å². The zero-order valence-electron chi connectivity index (χ0n) is 11.7. The number of pyridine rings is 1. The van der Waals surface area contributed by atoms with Crippen molar-refractivity contribution in [2.45, 2.75) is 43.8 Å². The first kappa shape index (κ1) is 15.7. The zero-order chi connectivity index (χ0) is 15.3. The quantitative estimate of drug-likeness (QED) is 0.810. The number of halogens is 1. The van der Waals surface area contributed by atoms with E-state index in [9.17, 15) is 8.42 Å². The monoisotopic (exact) mass is 318 g/mol. The summed E-state index contributed by atoms with van der Waals surface area (Å²) in [5, 5.41) is 5.07. The van der Waals surface area contributed by atoms with E-state index in [2.05, 4.69) is 4.98 Å². The minimum Gasteiger partial charge on any atom is -0.399 e.